The van der Waals surface area contributed by atoms with Gasteiger partial charge in [-0.1, -0.05) is 37.1 Å². The van der Waals surface area contributed by atoms with Crippen LogP contribution in [0.25, 0.3) is 0 Å². The van der Waals surface area contributed by atoms with Gasteiger partial charge in [-0.15, -0.1) is 0 Å². The molecule has 6 nitrogen and oxygen atoms in total. The molecule has 0 aromatic heterocycles. The Kier molecular flexibility index (Phi) is 10.2. The first kappa shape index (κ1) is 25.6. The van der Waals surface area contributed by atoms with Crippen molar-refractivity contribution >= 4 is 11.9 Å². The van der Waals surface area contributed by atoms with Gasteiger partial charge in [-0.2, -0.15) is 0 Å². The lowest BCUT2D eigenvalue weighted by molar-refractivity contribution is -0.148. The lowest BCUT2D eigenvalue weighted by Gasteiger charge is -2.22. The fourth-order valence-electron chi connectivity index (χ4n) is 4.68. The van der Waals surface area contributed by atoms with Crippen molar-refractivity contribution in [3.63, 3.8) is 0 Å². The number of methoxy groups -OCH3 is 1. The van der Waals surface area contributed by atoms with Gasteiger partial charge in [0.25, 0.3) is 0 Å². The number of fused-ring (bicyclic) bond motifs is 1. The summed E-state index contributed by atoms with van der Waals surface area (Å²) in [5.74, 6) is 0.0138. The second kappa shape index (κ2) is 12.4. The number of aliphatic hydroxyl groups excluding tert-OH is 1. The number of carbonyl (C=O) groups excluding carboxylic acids is 2. The minimum atomic E-state index is -0.538. The average molecular weight is 437 g/mol. The van der Waals surface area contributed by atoms with Gasteiger partial charge >= 0.3 is 11.9 Å². The van der Waals surface area contributed by atoms with E-state index in [2.05, 4.69) is 24.7 Å². The van der Waals surface area contributed by atoms with Crippen LogP contribution in [0.2, 0.25) is 0 Å². The van der Waals surface area contributed by atoms with E-state index in [1.165, 1.54) is 19.6 Å². The van der Waals surface area contributed by atoms with Gasteiger partial charge in [0.15, 0.2) is 0 Å². The van der Waals surface area contributed by atoms with E-state index < -0.39 is 6.10 Å². The molecule has 2 rings (SSSR count). The van der Waals surface area contributed by atoms with Gasteiger partial charge in [0, 0.05) is 25.7 Å². The Morgan fingerprint density at radius 3 is 2.58 bits per heavy atom. The molecule has 1 N–H and O–H groups in total. The van der Waals surface area contributed by atoms with Crippen LogP contribution in [0.1, 0.15) is 72.6 Å². The molecule has 1 saturated carbocycles. The summed E-state index contributed by atoms with van der Waals surface area (Å²) in [4.78, 5) is 22.9. The number of rotatable bonds is 11. The highest BCUT2D eigenvalue weighted by Gasteiger charge is 2.49. The van der Waals surface area contributed by atoms with E-state index in [-0.39, 0.29) is 48.0 Å². The molecule has 176 valence electrons. The van der Waals surface area contributed by atoms with E-state index in [0.29, 0.717) is 12.8 Å². The Labute approximate surface area is 187 Å². The first-order valence-corrected chi connectivity index (χ1v) is 11.6. The number of unbranched alkanes of at least 4 members (excludes halogenated alkanes) is 1. The van der Waals surface area contributed by atoms with E-state index in [1.807, 2.05) is 19.1 Å². The number of ether oxygens (including phenoxy) is 3. The molecule has 1 unspecified atom stereocenters. The van der Waals surface area contributed by atoms with Crippen LogP contribution in [0.3, 0.4) is 0 Å². The highest BCUT2D eigenvalue weighted by Crippen LogP contribution is 2.46. The molecule has 7 atom stereocenters. The van der Waals surface area contributed by atoms with Gasteiger partial charge in [0.1, 0.15) is 6.10 Å². The molecular formula is C25H40O6. The molecule has 0 radical (unpaired) electrons. The van der Waals surface area contributed by atoms with Gasteiger partial charge < -0.3 is 19.3 Å². The summed E-state index contributed by atoms with van der Waals surface area (Å²) in [5, 5.41) is 10.6. The van der Waals surface area contributed by atoms with Gasteiger partial charge in [0.05, 0.1) is 25.4 Å². The van der Waals surface area contributed by atoms with Crippen molar-refractivity contribution in [3.8, 4) is 0 Å². The lowest BCUT2D eigenvalue weighted by Crippen LogP contribution is -2.25. The van der Waals surface area contributed by atoms with Crippen LogP contribution in [0.5, 0.6) is 0 Å². The first-order chi connectivity index (χ1) is 14.7. The molecule has 1 saturated heterocycles. The predicted molar refractivity (Wildman–Crippen MR) is 119 cm³/mol. The van der Waals surface area contributed by atoms with Crippen molar-refractivity contribution in [1.29, 1.82) is 0 Å². The SMILES string of the molecule is COC(=O)CCCC[C@@H]1C[C@@H]2[C@@H](C=C[C@@H](O)C(C)CC=C(C)C)[C@H](OC(C)=O)C[C@@H]2O1. The zero-order valence-electron chi connectivity index (χ0n) is 19.7. The van der Waals surface area contributed by atoms with E-state index in [0.717, 1.165) is 32.1 Å². The monoisotopic (exact) mass is 436 g/mol. The molecule has 6 heteroatoms. The maximum atomic E-state index is 11.6. The van der Waals surface area contributed by atoms with Crippen molar-refractivity contribution in [3.05, 3.63) is 23.8 Å². The summed E-state index contributed by atoms with van der Waals surface area (Å²) in [6, 6.07) is 0. The highest BCUT2D eigenvalue weighted by molar-refractivity contribution is 5.69. The molecule has 1 aliphatic carbocycles. The predicted octanol–water partition coefficient (Wildman–Crippen LogP) is 4.35. The fourth-order valence-corrected chi connectivity index (χ4v) is 4.68. The van der Waals surface area contributed by atoms with Crippen molar-refractivity contribution in [2.24, 2.45) is 17.8 Å². The summed E-state index contributed by atoms with van der Waals surface area (Å²) in [6.45, 7) is 7.60. The van der Waals surface area contributed by atoms with Gasteiger partial charge in [-0.3, -0.25) is 9.59 Å². The minimum Gasteiger partial charge on any atom is -0.469 e. The van der Waals surface area contributed by atoms with Gasteiger partial charge in [-0.05, 0) is 51.4 Å². The smallest absolute Gasteiger partial charge is 0.305 e. The number of carbonyl (C=O) groups is 2. The third-order valence-corrected chi connectivity index (χ3v) is 6.48. The van der Waals surface area contributed by atoms with Crippen LogP contribution >= 0.6 is 0 Å². The van der Waals surface area contributed by atoms with Crippen molar-refractivity contribution in [2.45, 2.75) is 97.1 Å². The van der Waals surface area contributed by atoms with Crippen LogP contribution in [0, 0.1) is 17.8 Å². The standard InChI is InChI=1S/C25H40O6/c1-16(2)10-11-17(3)22(27)13-12-20-21-14-19(8-6-7-9-25(28)29-5)31-24(21)15-23(20)30-18(4)26/h10,12-13,17,19-24,27H,6-9,11,14-15H2,1-5H3/t17?,19-,20-,21-,22-,23-,24+/m1/s1. The molecule has 31 heavy (non-hydrogen) atoms. The number of allylic oxidation sites excluding steroid dienone is 2. The molecular weight excluding hydrogens is 396 g/mol. The molecule has 0 amide bonds. The third kappa shape index (κ3) is 8.08. The summed E-state index contributed by atoms with van der Waals surface area (Å²) in [6.07, 6.45) is 11.1. The molecule has 0 bridgehead atoms. The summed E-state index contributed by atoms with van der Waals surface area (Å²) in [5.41, 5.74) is 1.25. The van der Waals surface area contributed by atoms with Crippen LogP contribution in [0.15, 0.2) is 23.8 Å². The number of esters is 2. The quantitative estimate of drug-likeness (QED) is 0.294. The van der Waals surface area contributed by atoms with Crippen LogP contribution in [-0.2, 0) is 23.8 Å². The first-order valence-electron chi connectivity index (χ1n) is 11.6. The molecule has 0 spiro atoms. The second-order valence-electron chi connectivity index (χ2n) is 9.35. The normalized spacial score (nSPS) is 29.4. The van der Waals surface area contributed by atoms with Gasteiger partial charge in [-0.25, -0.2) is 0 Å². The third-order valence-electron chi connectivity index (χ3n) is 6.48. The lowest BCUT2D eigenvalue weighted by atomic mass is 9.88. The summed E-state index contributed by atoms with van der Waals surface area (Å²) >= 11 is 0. The Morgan fingerprint density at radius 2 is 1.94 bits per heavy atom. The van der Waals surface area contributed by atoms with Gasteiger partial charge in [0.2, 0.25) is 0 Å². The molecule has 1 aliphatic heterocycles. The number of hydrogen-bond donors (Lipinski definition) is 1. The van der Waals surface area contributed by atoms with Crippen molar-refractivity contribution in [1.82, 2.24) is 0 Å². The number of hydrogen-bond acceptors (Lipinski definition) is 6. The maximum absolute atomic E-state index is 11.6. The number of aliphatic hydroxyl groups is 1. The largest absolute Gasteiger partial charge is 0.469 e. The molecule has 0 aromatic rings. The topological polar surface area (TPSA) is 82.1 Å². The zero-order chi connectivity index (χ0) is 23.0. The highest BCUT2D eigenvalue weighted by atomic mass is 16.6. The maximum Gasteiger partial charge on any atom is 0.305 e. The van der Waals surface area contributed by atoms with E-state index >= 15 is 0 Å². The zero-order valence-corrected chi connectivity index (χ0v) is 19.7. The van der Waals surface area contributed by atoms with E-state index in [1.54, 1.807) is 0 Å². The summed E-state index contributed by atoms with van der Waals surface area (Å²) < 4.78 is 16.5. The average Bonchev–Trinajstić information content (AvgIpc) is 3.23. The Balaban J connectivity index is 1.94. The molecule has 2 fully saturated rings. The van der Waals surface area contributed by atoms with Crippen molar-refractivity contribution < 1.29 is 28.9 Å². The van der Waals surface area contributed by atoms with Crippen LogP contribution < -0.4 is 0 Å². The second-order valence-corrected chi connectivity index (χ2v) is 9.35. The Hall–Kier alpha value is -1.66. The summed E-state index contributed by atoms with van der Waals surface area (Å²) in [7, 11) is 1.41. The molecule has 0 aromatic carbocycles. The Bertz CT molecular complexity index is 650. The van der Waals surface area contributed by atoms with E-state index in [4.69, 9.17) is 9.47 Å². The minimum absolute atomic E-state index is 0.0549. The molecule has 2 aliphatic rings. The van der Waals surface area contributed by atoms with Crippen LogP contribution in [0.4, 0.5) is 0 Å². The Morgan fingerprint density at radius 1 is 1.19 bits per heavy atom. The molecule has 1 heterocycles. The van der Waals surface area contributed by atoms with Crippen molar-refractivity contribution in [2.75, 3.05) is 7.11 Å². The fraction of sp³-hybridized carbons (Fsp3) is 0.760. The van der Waals surface area contributed by atoms with Crippen LogP contribution in [-0.4, -0.2) is 48.6 Å². The van der Waals surface area contributed by atoms with E-state index in [9.17, 15) is 14.7 Å².